The van der Waals surface area contributed by atoms with Crippen LogP contribution in [0.15, 0.2) is 12.4 Å². The summed E-state index contributed by atoms with van der Waals surface area (Å²) in [4.78, 5) is 4.64. The van der Waals surface area contributed by atoms with Gasteiger partial charge in [0.05, 0.1) is 5.54 Å². The zero-order chi connectivity index (χ0) is 12.1. The number of aryl methyl sites for hydroxylation is 1. The maximum Gasteiger partial charge on any atom is 0.129 e. The second-order valence-corrected chi connectivity index (χ2v) is 5.11. The van der Waals surface area contributed by atoms with Crippen LogP contribution in [0, 0.1) is 0 Å². The number of hydrogen-bond acceptors (Lipinski definition) is 2. The molecule has 0 bridgehead atoms. The van der Waals surface area contributed by atoms with Crippen molar-refractivity contribution in [3.05, 3.63) is 18.2 Å². The maximum absolute atomic E-state index is 4.64. The fourth-order valence-electron chi connectivity index (χ4n) is 3.07. The van der Waals surface area contributed by atoms with E-state index in [4.69, 9.17) is 0 Å². The summed E-state index contributed by atoms with van der Waals surface area (Å²) in [5, 5.41) is 3.79. The molecule has 1 N–H and O–H groups in total. The molecular formula is C14H25N3. The Labute approximate surface area is 105 Å². The van der Waals surface area contributed by atoms with E-state index >= 15 is 0 Å². The first-order chi connectivity index (χ1) is 8.32. The van der Waals surface area contributed by atoms with Crippen molar-refractivity contribution in [1.82, 2.24) is 14.9 Å². The van der Waals surface area contributed by atoms with Gasteiger partial charge in [-0.3, -0.25) is 0 Å². The molecule has 0 aliphatic carbocycles. The molecule has 1 atom stereocenters. The highest BCUT2D eigenvalue weighted by Gasteiger charge is 2.35. The molecule has 2 rings (SSSR count). The number of rotatable bonds is 4. The Morgan fingerprint density at radius 3 is 3.00 bits per heavy atom. The summed E-state index contributed by atoms with van der Waals surface area (Å²) in [6.07, 6.45) is 11.7. The molecule has 1 unspecified atom stereocenters. The van der Waals surface area contributed by atoms with E-state index in [0.29, 0.717) is 0 Å². The van der Waals surface area contributed by atoms with E-state index < -0.39 is 0 Å². The Morgan fingerprint density at radius 1 is 1.35 bits per heavy atom. The van der Waals surface area contributed by atoms with Crippen molar-refractivity contribution >= 4 is 0 Å². The number of aromatic nitrogens is 2. The van der Waals surface area contributed by atoms with Crippen molar-refractivity contribution in [1.29, 1.82) is 0 Å². The minimum Gasteiger partial charge on any atom is -0.334 e. The zero-order valence-electron chi connectivity index (χ0n) is 11.2. The van der Waals surface area contributed by atoms with Gasteiger partial charge in [-0.15, -0.1) is 0 Å². The summed E-state index contributed by atoms with van der Waals surface area (Å²) >= 11 is 0. The predicted molar refractivity (Wildman–Crippen MR) is 71.0 cm³/mol. The smallest absolute Gasteiger partial charge is 0.129 e. The van der Waals surface area contributed by atoms with Crippen molar-refractivity contribution in [2.24, 2.45) is 0 Å². The van der Waals surface area contributed by atoms with Crippen LogP contribution in [0.2, 0.25) is 0 Å². The van der Waals surface area contributed by atoms with Crippen LogP contribution in [0.1, 0.15) is 58.2 Å². The van der Waals surface area contributed by atoms with Crippen molar-refractivity contribution in [2.45, 2.75) is 64.5 Å². The van der Waals surface area contributed by atoms with Crippen LogP contribution in [0.4, 0.5) is 0 Å². The molecular weight excluding hydrogens is 210 g/mol. The van der Waals surface area contributed by atoms with Gasteiger partial charge in [0.25, 0.3) is 0 Å². The molecule has 1 saturated heterocycles. The van der Waals surface area contributed by atoms with Gasteiger partial charge in [-0.2, -0.15) is 0 Å². The molecule has 1 aromatic rings. The molecule has 2 heterocycles. The molecule has 0 amide bonds. The topological polar surface area (TPSA) is 29.9 Å². The predicted octanol–water partition coefficient (Wildman–Crippen LogP) is 3.06. The van der Waals surface area contributed by atoms with Gasteiger partial charge >= 0.3 is 0 Å². The third-order valence-corrected chi connectivity index (χ3v) is 3.90. The third kappa shape index (κ3) is 2.54. The fraction of sp³-hybridized carbons (Fsp3) is 0.786. The molecule has 1 aromatic heterocycles. The van der Waals surface area contributed by atoms with Crippen LogP contribution < -0.4 is 5.32 Å². The molecule has 0 aromatic carbocycles. The second-order valence-electron chi connectivity index (χ2n) is 5.11. The van der Waals surface area contributed by atoms with Crippen molar-refractivity contribution in [3.8, 4) is 0 Å². The molecule has 96 valence electrons. The molecule has 0 saturated carbocycles. The summed E-state index contributed by atoms with van der Waals surface area (Å²) in [6, 6.07) is 0. The molecule has 0 spiro atoms. The van der Waals surface area contributed by atoms with E-state index in [1.807, 2.05) is 6.20 Å². The summed E-state index contributed by atoms with van der Waals surface area (Å²) in [7, 11) is 0. The first kappa shape index (κ1) is 12.6. The molecule has 3 nitrogen and oxygen atoms in total. The highest BCUT2D eigenvalue weighted by Crippen LogP contribution is 2.33. The molecule has 3 heteroatoms. The van der Waals surface area contributed by atoms with E-state index in [1.165, 1.54) is 44.3 Å². The lowest BCUT2D eigenvalue weighted by molar-refractivity contribution is 0.270. The number of nitrogens with one attached hydrogen (secondary N) is 1. The average molecular weight is 235 g/mol. The van der Waals surface area contributed by atoms with Gasteiger partial charge in [-0.1, -0.05) is 26.2 Å². The Hall–Kier alpha value is -0.830. The van der Waals surface area contributed by atoms with Crippen molar-refractivity contribution in [2.75, 3.05) is 6.54 Å². The second kappa shape index (κ2) is 5.67. The Kier molecular flexibility index (Phi) is 4.21. The van der Waals surface area contributed by atoms with Gasteiger partial charge < -0.3 is 9.88 Å². The lowest BCUT2D eigenvalue weighted by Gasteiger charge is -2.33. The Morgan fingerprint density at radius 2 is 2.24 bits per heavy atom. The Bertz CT molecular complexity index is 335. The van der Waals surface area contributed by atoms with E-state index in [9.17, 15) is 0 Å². The SMILES string of the molecule is CCCC1(c2nccn2CC)CCCCCN1. The van der Waals surface area contributed by atoms with Crippen molar-refractivity contribution < 1.29 is 0 Å². The minimum atomic E-state index is 0.130. The number of nitrogens with zero attached hydrogens (tertiary/aromatic N) is 2. The van der Waals surface area contributed by atoms with E-state index in [0.717, 1.165) is 13.1 Å². The molecule has 1 aliphatic heterocycles. The summed E-state index contributed by atoms with van der Waals surface area (Å²) < 4.78 is 2.30. The van der Waals surface area contributed by atoms with Crippen molar-refractivity contribution in [3.63, 3.8) is 0 Å². The summed E-state index contributed by atoms with van der Waals surface area (Å²) in [6.45, 7) is 6.62. The highest BCUT2D eigenvalue weighted by atomic mass is 15.1. The third-order valence-electron chi connectivity index (χ3n) is 3.90. The monoisotopic (exact) mass is 235 g/mol. The lowest BCUT2D eigenvalue weighted by atomic mass is 9.87. The van der Waals surface area contributed by atoms with Crippen LogP contribution in [0.5, 0.6) is 0 Å². The van der Waals surface area contributed by atoms with Crippen LogP contribution >= 0.6 is 0 Å². The van der Waals surface area contributed by atoms with E-state index in [1.54, 1.807) is 0 Å². The summed E-state index contributed by atoms with van der Waals surface area (Å²) in [5.74, 6) is 1.25. The average Bonchev–Trinajstić information content (AvgIpc) is 2.71. The van der Waals surface area contributed by atoms with E-state index in [2.05, 4.69) is 34.9 Å². The van der Waals surface area contributed by atoms with Gasteiger partial charge in [-0.05, 0) is 32.7 Å². The largest absolute Gasteiger partial charge is 0.334 e. The summed E-state index contributed by atoms with van der Waals surface area (Å²) in [5.41, 5.74) is 0.130. The highest BCUT2D eigenvalue weighted by molar-refractivity contribution is 5.10. The maximum atomic E-state index is 4.64. The van der Waals surface area contributed by atoms with Gasteiger partial charge in [-0.25, -0.2) is 4.98 Å². The quantitative estimate of drug-likeness (QED) is 0.869. The van der Waals surface area contributed by atoms with Crippen LogP contribution in [-0.4, -0.2) is 16.1 Å². The molecule has 1 aliphatic rings. The lowest BCUT2D eigenvalue weighted by Crippen LogP contribution is -2.44. The first-order valence-electron chi connectivity index (χ1n) is 7.09. The Balaban J connectivity index is 2.31. The number of imidazole rings is 1. The normalized spacial score (nSPS) is 25.8. The molecule has 0 radical (unpaired) electrons. The van der Waals surface area contributed by atoms with Gasteiger partial charge in [0, 0.05) is 18.9 Å². The van der Waals surface area contributed by atoms with Crippen LogP contribution in [-0.2, 0) is 12.1 Å². The minimum absolute atomic E-state index is 0.130. The van der Waals surface area contributed by atoms with E-state index in [-0.39, 0.29) is 5.54 Å². The van der Waals surface area contributed by atoms with Crippen LogP contribution in [0.25, 0.3) is 0 Å². The van der Waals surface area contributed by atoms with Gasteiger partial charge in [0.2, 0.25) is 0 Å². The fourth-order valence-corrected chi connectivity index (χ4v) is 3.07. The standard InChI is InChI=1S/C14H25N3/c1-3-8-14(9-6-5-7-10-16-14)13-15-11-12-17(13)4-2/h11-12,16H,3-10H2,1-2H3. The molecule has 1 fully saturated rings. The molecule has 17 heavy (non-hydrogen) atoms. The van der Waals surface area contributed by atoms with Gasteiger partial charge in [0.15, 0.2) is 0 Å². The number of hydrogen-bond donors (Lipinski definition) is 1. The van der Waals surface area contributed by atoms with Gasteiger partial charge in [0.1, 0.15) is 5.82 Å². The zero-order valence-corrected chi connectivity index (χ0v) is 11.2. The van der Waals surface area contributed by atoms with Crippen LogP contribution in [0.3, 0.4) is 0 Å². The first-order valence-corrected chi connectivity index (χ1v) is 7.09.